The summed E-state index contributed by atoms with van der Waals surface area (Å²) in [5.41, 5.74) is 34.0. The highest BCUT2D eigenvalue weighted by atomic mass is 16.5. The van der Waals surface area contributed by atoms with Crippen molar-refractivity contribution >= 4 is 47.5 Å². The van der Waals surface area contributed by atoms with Crippen LogP contribution in [0.15, 0.2) is 92.8 Å². The molecule has 8 spiro atoms. The second-order valence-electron chi connectivity index (χ2n) is 38.1. The molecule has 4 aromatic rings. The molecule has 0 radical (unpaired) electrons. The number of carbonyl (C=O) groups is 4. The van der Waals surface area contributed by atoms with Crippen molar-refractivity contribution < 1.29 is 28.7 Å². The minimum absolute atomic E-state index is 0.00875. The van der Waals surface area contributed by atoms with Gasteiger partial charge < -0.3 is 32.4 Å². The van der Waals surface area contributed by atoms with Crippen molar-refractivity contribution in [3.05, 3.63) is 140 Å². The number of ether oxygens (including phenoxy) is 2. The minimum Gasteiger partial charge on any atom is -0.381 e. The van der Waals surface area contributed by atoms with Crippen molar-refractivity contribution in [3.63, 3.8) is 0 Å². The van der Waals surface area contributed by atoms with Crippen LogP contribution in [0.2, 0.25) is 0 Å². The van der Waals surface area contributed by atoms with Crippen LogP contribution >= 0.6 is 0 Å². The molecule has 7 fully saturated rings. The minimum atomic E-state index is -0.931. The third-order valence-electron chi connectivity index (χ3n) is 30.0. The highest BCUT2D eigenvalue weighted by Crippen LogP contribution is 2.67. The molecule has 4 aromatic carbocycles. The van der Waals surface area contributed by atoms with Gasteiger partial charge in [-0.2, -0.15) is 0 Å². The zero-order valence-electron chi connectivity index (χ0n) is 69.0. The highest BCUT2D eigenvalue weighted by Gasteiger charge is 2.70. The maximum atomic E-state index is 13.7. The Morgan fingerprint density at radius 1 is 0.416 bits per heavy atom. The summed E-state index contributed by atoms with van der Waals surface area (Å²) in [4.78, 5) is 80.2. The van der Waals surface area contributed by atoms with Crippen molar-refractivity contribution in [2.24, 2.45) is 99.6 Å². The van der Waals surface area contributed by atoms with Gasteiger partial charge in [-0.3, -0.25) is 38.8 Å². The summed E-state index contributed by atoms with van der Waals surface area (Å²) in [6, 6.07) is 26.0. The molecule has 113 heavy (non-hydrogen) atoms. The summed E-state index contributed by atoms with van der Waals surface area (Å²) in [5, 5.41) is 0. The molecule has 18 nitrogen and oxygen atoms in total. The molecular formula is C95H120N12O6. The molecule has 18 heteroatoms. The first-order valence-electron chi connectivity index (χ1n) is 42.7. The fourth-order valence-corrected chi connectivity index (χ4v) is 22.7. The first-order chi connectivity index (χ1) is 54.0. The Morgan fingerprint density at radius 2 is 0.726 bits per heavy atom. The van der Waals surface area contributed by atoms with Crippen LogP contribution in [0.3, 0.4) is 0 Å². The van der Waals surface area contributed by atoms with Crippen LogP contribution in [0, 0.1) is 92.2 Å². The van der Waals surface area contributed by atoms with Gasteiger partial charge in [0.05, 0.1) is 12.2 Å². The number of aliphatic imine (C=N–C) groups is 4. The molecular weight excluding hydrogens is 1410 g/mol. The van der Waals surface area contributed by atoms with Gasteiger partial charge in [0.2, 0.25) is 0 Å². The molecule has 596 valence electrons. The number of rotatable bonds is 5. The Bertz CT molecular complexity index is 4830. The van der Waals surface area contributed by atoms with E-state index in [1.165, 1.54) is 108 Å². The normalized spacial score (nSPS) is 33.4. The average molecular weight is 1530 g/mol. The lowest BCUT2D eigenvalue weighted by Crippen LogP contribution is -2.51. The van der Waals surface area contributed by atoms with E-state index in [0.717, 1.165) is 173 Å². The molecule has 0 saturated heterocycles. The van der Waals surface area contributed by atoms with Gasteiger partial charge in [0.1, 0.15) is 0 Å². The molecule has 0 aromatic heterocycles. The first kappa shape index (κ1) is 78.1. The number of hydrogen-bond acceptors (Lipinski definition) is 14. The number of aryl methyl sites for hydroxylation is 1. The second-order valence-corrected chi connectivity index (χ2v) is 38.1. The van der Waals surface area contributed by atoms with Gasteiger partial charge in [-0.15, -0.1) is 0 Å². The van der Waals surface area contributed by atoms with Crippen molar-refractivity contribution in [2.45, 2.75) is 262 Å². The summed E-state index contributed by atoms with van der Waals surface area (Å²) in [6.07, 6.45) is 33.0. The molecule has 4 atom stereocenters. The Balaban J connectivity index is 0.000000114. The van der Waals surface area contributed by atoms with Crippen LogP contribution in [-0.2, 0) is 82.9 Å². The lowest BCUT2D eigenvalue weighted by molar-refractivity contribution is -0.138. The standard InChI is InChI=1S/C25H31N3O2.C24H31N3O2.C23H31N3O.C23H27N3O/c1-28-22(29)25(27-23(28)26)21-15-18(8-7-17-5-3-4-6-17)9-10-19(21)16-24(25)13-11-20(30-2)12-14-24;1-22(2,3)11-8-16-6-7-17-15-23(12-9-18(29-5)10-13-23)24(19(17)14-16)20(28)27(4)21(25)26-24;2*1-15-9-11-22(12-10-15)14-18-8-7-17(6-5-16-3-4-16)13-19(18)23(22)20(27)26(2)21(24)25-23/h9-10,15,17,20H,3-6,11-14,16H2,1-2H3,(H2,26,27);6-7,14,18H,9-10,12-13,15H2,1-5H3,(H2,25,26);7-8,13,15-16H,3-6,9-12,14H2,1-2H3,(H2,24,25);7-8,13,15-16H,3-4,9-12,14H2,1-2H3,(H2,24,25). The van der Waals surface area contributed by atoms with Crippen LogP contribution in [0.25, 0.3) is 0 Å². The SMILES string of the molecule is CC1CCC2(CC1)Cc1ccc(C#CC3CC3)cc1C21N=C(N)N(C)C1=O.CC1CCC2(CC1)Cc1ccc(CCC3CC3)cc1C21N=C(N)N(C)C1=O.COC1CCC2(CC1)Cc1ccc(C#CC(C)(C)C)cc1C21N=C(N)N(C)C1=O.COC1CCC2(CC1)Cc1ccc(C#CC3CCCC3)cc1C21N=C(N)N(C)C1=O. The maximum Gasteiger partial charge on any atom is 0.262 e. The summed E-state index contributed by atoms with van der Waals surface area (Å²) in [6.45, 7) is 10.9. The predicted molar refractivity (Wildman–Crippen MR) is 444 cm³/mol. The summed E-state index contributed by atoms with van der Waals surface area (Å²) >= 11 is 0. The van der Waals surface area contributed by atoms with Gasteiger partial charge >= 0.3 is 0 Å². The molecule has 4 amide bonds. The van der Waals surface area contributed by atoms with E-state index in [0.29, 0.717) is 41.6 Å². The molecule has 15 aliphatic rings. The highest BCUT2D eigenvalue weighted by molar-refractivity contribution is 6.11. The average Bonchev–Trinajstić information content (AvgIpc) is 1.54. The molecule has 0 bridgehead atoms. The number of carbonyl (C=O) groups excluding carboxylic acids is 4. The molecule has 7 saturated carbocycles. The Hall–Kier alpha value is -8.76. The summed E-state index contributed by atoms with van der Waals surface area (Å²) < 4.78 is 11.2. The molecule has 8 N–H and O–H groups in total. The Labute approximate surface area is 670 Å². The number of nitrogens with two attached hydrogens (primary N) is 4. The van der Waals surface area contributed by atoms with E-state index in [9.17, 15) is 19.2 Å². The van der Waals surface area contributed by atoms with Gasteiger partial charge in [0.15, 0.2) is 46.0 Å². The van der Waals surface area contributed by atoms with E-state index in [1.54, 1.807) is 52.2 Å². The van der Waals surface area contributed by atoms with Crippen molar-refractivity contribution in [1.82, 2.24) is 19.6 Å². The smallest absolute Gasteiger partial charge is 0.262 e. The number of methoxy groups -OCH3 is 2. The number of hydrogen-bond donors (Lipinski definition) is 4. The Morgan fingerprint density at radius 3 is 1.03 bits per heavy atom. The summed E-state index contributed by atoms with van der Waals surface area (Å²) in [7, 11) is 10.6. The lowest BCUT2D eigenvalue weighted by atomic mass is 9.60. The van der Waals surface area contributed by atoms with Gasteiger partial charge in [0.25, 0.3) is 23.6 Å². The number of fused-ring (bicyclic) bond motifs is 12. The largest absolute Gasteiger partial charge is 0.381 e. The number of benzene rings is 4. The summed E-state index contributed by atoms with van der Waals surface area (Å²) in [5.74, 6) is 25.0. The Kier molecular flexibility index (Phi) is 20.2. The van der Waals surface area contributed by atoms with Crippen molar-refractivity contribution in [2.75, 3.05) is 42.4 Å². The van der Waals surface area contributed by atoms with Crippen LogP contribution < -0.4 is 22.9 Å². The molecule has 4 heterocycles. The predicted octanol–water partition coefficient (Wildman–Crippen LogP) is 13.5. The third-order valence-corrected chi connectivity index (χ3v) is 30.0. The second kappa shape index (κ2) is 29.2. The third kappa shape index (κ3) is 13.0. The fraction of sp³-hybridized carbons (Fsp3) is 0.600. The molecule has 11 aliphatic carbocycles. The van der Waals surface area contributed by atoms with E-state index in [-0.39, 0.29) is 62.9 Å². The van der Waals surface area contributed by atoms with E-state index >= 15 is 0 Å². The van der Waals surface area contributed by atoms with Crippen LogP contribution in [0.1, 0.15) is 262 Å². The van der Waals surface area contributed by atoms with Crippen molar-refractivity contribution in [1.29, 1.82) is 0 Å². The number of guanidine groups is 4. The fourth-order valence-electron chi connectivity index (χ4n) is 22.7. The topological polar surface area (TPSA) is 253 Å². The van der Waals surface area contributed by atoms with Gasteiger partial charge in [-0.25, -0.2) is 20.0 Å². The monoisotopic (exact) mass is 1520 g/mol. The van der Waals surface area contributed by atoms with E-state index in [4.69, 9.17) is 52.4 Å². The molecule has 19 rings (SSSR count). The zero-order valence-corrected chi connectivity index (χ0v) is 69.0. The molecule has 4 unspecified atom stereocenters. The zero-order chi connectivity index (χ0) is 79.6. The van der Waals surface area contributed by atoms with E-state index in [2.05, 4.69) is 143 Å². The van der Waals surface area contributed by atoms with Crippen LogP contribution in [-0.4, -0.2) is 122 Å². The number of amides is 4. The van der Waals surface area contributed by atoms with Crippen molar-refractivity contribution in [3.8, 4) is 35.5 Å². The van der Waals surface area contributed by atoms with Crippen LogP contribution in [0.5, 0.6) is 0 Å². The van der Waals surface area contributed by atoms with Gasteiger partial charge in [-0.05, 0) is 266 Å². The van der Waals surface area contributed by atoms with Gasteiger partial charge in [-0.1, -0.05) is 137 Å². The van der Waals surface area contributed by atoms with Crippen LogP contribution in [0.4, 0.5) is 0 Å². The molecule has 4 aliphatic heterocycles. The van der Waals surface area contributed by atoms with E-state index < -0.39 is 22.2 Å². The lowest BCUT2D eigenvalue weighted by Gasteiger charge is -2.45. The maximum absolute atomic E-state index is 13.7. The first-order valence-corrected chi connectivity index (χ1v) is 42.7. The van der Waals surface area contributed by atoms with Gasteiger partial charge in [0, 0.05) is 98.0 Å². The quantitative estimate of drug-likeness (QED) is 0.137. The number of nitrogens with zero attached hydrogens (tertiary/aromatic N) is 8. The number of likely N-dealkylation sites (N-methyl/N-ethyl adjacent to an activating group) is 4. The van der Waals surface area contributed by atoms with E-state index in [1.807, 2.05) is 0 Å².